The molecule has 0 N–H and O–H groups in total. The van der Waals surface area contributed by atoms with Crippen LogP contribution < -0.4 is 0 Å². The first-order valence-electron chi connectivity index (χ1n) is 10.4. The normalized spacial score (nSPS) is 18.0. The van der Waals surface area contributed by atoms with Gasteiger partial charge < -0.3 is 4.57 Å². The van der Waals surface area contributed by atoms with Crippen molar-refractivity contribution in [1.82, 2.24) is 4.57 Å². The van der Waals surface area contributed by atoms with E-state index in [0.29, 0.717) is 0 Å². The number of nitrogens with zero attached hydrogens (tertiary/aromatic N) is 1. The number of benzene rings is 3. The Morgan fingerprint density at radius 1 is 0.857 bits per heavy atom. The lowest BCUT2D eigenvalue weighted by Crippen LogP contribution is -2.34. The number of rotatable bonds is 2. The fourth-order valence-electron chi connectivity index (χ4n) is 5.35. The molecule has 5 rings (SSSR count). The molecular formula is C26H28IN. The van der Waals surface area contributed by atoms with Crippen LogP contribution in [0.15, 0.2) is 48.5 Å². The zero-order valence-electron chi connectivity index (χ0n) is 17.3. The van der Waals surface area contributed by atoms with Crippen LogP contribution in [0.3, 0.4) is 0 Å². The van der Waals surface area contributed by atoms with E-state index in [1.165, 1.54) is 45.4 Å². The third-order valence-corrected chi connectivity index (χ3v) is 7.47. The maximum absolute atomic E-state index is 2.56. The summed E-state index contributed by atoms with van der Waals surface area (Å²) in [4.78, 5) is 0. The molecule has 0 unspecified atom stereocenters. The van der Waals surface area contributed by atoms with Gasteiger partial charge in [-0.1, -0.05) is 80.6 Å². The number of hydrogen-bond donors (Lipinski definition) is 0. The molecule has 0 bridgehead atoms. The van der Waals surface area contributed by atoms with Crippen molar-refractivity contribution in [2.24, 2.45) is 0 Å². The minimum absolute atomic E-state index is 0.208. The summed E-state index contributed by atoms with van der Waals surface area (Å²) in [5.41, 5.74) is 6.39. The van der Waals surface area contributed by atoms with Gasteiger partial charge in [-0.3, -0.25) is 0 Å². The SMILES string of the molecule is CC1(C)CCC(C)(C)c2c1ccc1c2c2cc3ccccc3cc2n1CCI. The molecule has 0 saturated heterocycles. The van der Waals surface area contributed by atoms with Gasteiger partial charge >= 0.3 is 0 Å². The molecule has 1 aliphatic rings. The summed E-state index contributed by atoms with van der Waals surface area (Å²) in [5.74, 6) is 0. The molecule has 144 valence electrons. The van der Waals surface area contributed by atoms with Crippen LogP contribution in [0, 0.1) is 0 Å². The second kappa shape index (κ2) is 6.22. The molecule has 28 heavy (non-hydrogen) atoms. The summed E-state index contributed by atoms with van der Waals surface area (Å²) < 4.78 is 3.68. The molecule has 1 heterocycles. The molecule has 1 aromatic heterocycles. The number of aromatic nitrogens is 1. The summed E-state index contributed by atoms with van der Waals surface area (Å²) in [6.45, 7) is 10.8. The van der Waals surface area contributed by atoms with Crippen LogP contribution in [-0.2, 0) is 17.4 Å². The lowest BCUT2D eigenvalue weighted by atomic mass is 9.62. The van der Waals surface area contributed by atoms with Gasteiger partial charge in [-0.05, 0) is 63.8 Å². The maximum Gasteiger partial charge on any atom is 0.0498 e. The Balaban J connectivity index is 2.02. The predicted octanol–water partition coefficient (Wildman–Crippen LogP) is 7.73. The van der Waals surface area contributed by atoms with Crippen molar-refractivity contribution in [2.45, 2.75) is 57.9 Å². The first kappa shape index (κ1) is 18.5. The maximum atomic E-state index is 2.56. The molecule has 1 aliphatic carbocycles. The summed E-state index contributed by atoms with van der Waals surface area (Å²) in [6, 6.07) is 18.5. The van der Waals surface area contributed by atoms with Crippen molar-refractivity contribution >= 4 is 55.2 Å². The van der Waals surface area contributed by atoms with Crippen LogP contribution in [-0.4, -0.2) is 8.99 Å². The Labute approximate surface area is 181 Å². The molecule has 3 aromatic carbocycles. The van der Waals surface area contributed by atoms with E-state index < -0.39 is 0 Å². The van der Waals surface area contributed by atoms with E-state index in [9.17, 15) is 0 Å². The molecule has 1 nitrogen and oxygen atoms in total. The van der Waals surface area contributed by atoms with Crippen LogP contribution >= 0.6 is 22.6 Å². The lowest BCUT2D eigenvalue weighted by molar-refractivity contribution is 0.334. The number of aryl methyl sites for hydroxylation is 1. The Bertz CT molecular complexity index is 1230. The highest BCUT2D eigenvalue weighted by atomic mass is 127. The number of alkyl halides is 1. The quantitative estimate of drug-likeness (QED) is 0.204. The molecule has 4 aromatic rings. The fraction of sp³-hybridized carbons (Fsp3) is 0.385. The van der Waals surface area contributed by atoms with Crippen molar-refractivity contribution in [3.05, 3.63) is 59.7 Å². The van der Waals surface area contributed by atoms with Gasteiger partial charge in [0.25, 0.3) is 0 Å². The first-order valence-corrected chi connectivity index (χ1v) is 11.9. The van der Waals surface area contributed by atoms with Gasteiger partial charge in [-0.25, -0.2) is 0 Å². The Morgan fingerprint density at radius 3 is 2.25 bits per heavy atom. The highest BCUT2D eigenvalue weighted by Crippen LogP contribution is 2.50. The third kappa shape index (κ3) is 2.56. The van der Waals surface area contributed by atoms with Gasteiger partial charge in [-0.2, -0.15) is 0 Å². The van der Waals surface area contributed by atoms with Crippen molar-refractivity contribution < 1.29 is 0 Å². The fourth-order valence-corrected chi connectivity index (χ4v) is 5.83. The summed E-state index contributed by atoms with van der Waals surface area (Å²) in [5, 5.41) is 5.61. The molecule has 0 aliphatic heterocycles. The minimum Gasteiger partial charge on any atom is -0.340 e. The Morgan fingerprint density at radius 2 is 1.54 bits per heavy atom. The van der Waals surface area contributed by atoms with Gasteiger partial charge in [-0.15, -0.1) is 0 Å². The zero-order chi connectivity index (χ0) is 19.7. The van der Waals surface area contributed by atoms with Crippen LogP contribution in [0.5, 0.6) is 0 Å². The third-order valence-electron chi connectivity index (χ3n) is 6.99. The minimum atomic E-state index is 0.208. The highest BCUT2D eigenvalue weighted by Gasteiger charge is 2.39. The number of hydrogen-bond acceptors (Lipinski definition) is 0. The van der Waals surface area contributed by atoms with Crippen molar-refractivity contribution in [3.8, 4) is 0 Å². The lowest BCUT2D eigenvalue weighted by Gasteiger charge is -2.42. The molecule has 0 atom stereocenters. The standard InChI is InChI=1S/C26H28IN/c1-25(2)11-12-26(3,4)24-20(25)9-10-21-23(24)19-15-17-7-5-6-8-18(17)16-22(19)28(21)14-13-27/h5-10,15-16H,11-14H2,1-4H3. The van der Waals surface area contributed by atoms with Gasteiger partial charge in [0.1, 0.15) is 0 Å². The highest BCUT2D eigenvalue weighted by molar-refractivity contribution is 14.1. The van der Waals surface area contributed by atoms with Gasteiger partial charge in [0, 0.05) is 32.8 Å². The average Bonchev–Trinajstić information content (AvgIpc) is 2.97. The Hall–Kier alpha value is -1.55. The van der Waals surface area contributed by atoms with E-state index in [1.807, 2.05) is 0 Å². The largest absolute Gasteiger partial charge is 0.340 e. The number of fused-ring (bicyclic) bond motifs is 6. The van der Waals surface area contributed by atoms with Crippen molar-refractivity contribution in [1.29, 1.82) is 0 Å². The topological polar surface area (TPSA) is 4.93 Å². The van der Waals surface area contributed by atoms with E-state index >= 15 is 0 Å². The monoisotopic (exact) mass is 481 g/mol. The molecule has 0 radical (unpaired) electrons. The van der Waals surface area contributed by atoms with Crippen molar-refractivity contribution in [3.63, 3.8) is 0 Å². The molecular weight excluding hydrogens is 453 g/mol. The van der Waals surface area contributed by atoms with E-state index in [0.717, 1.165) is 11.0 Å². The predicted molar refractivity (Wildman–Crippen MR) is 131 cm³/mol. The summed E-state index contributed by atoms with van der Waals surface area (Å²) in [6.07, 6.45) is 2.51. The smallest absolute Gasteiger partial charge is 0.0498 e. The van der Waals surface area contributed by atoms with E-state index in [4.69, 9.17) is 0 Å². The number of halogens is 1. The van der Waals surface area contributed by atoms with Crippen LogP contribution in [0.4, 0.5) is 0 Å². The van der Waals surface area contributed by atoms with Crippen LogP contribution in [0.2, 0.25) is 0 Å². The first-order chi connectivity index (χ1) is 13.3. The van der Waals surface area contributed by atoms with E-state index in [2.05, 4.69) is 103 Å². The summed E-state index contributed by atoms with van der Waals surface area (Å²) in [7, 11) is 0. The van der Waals surface area contributed by atoms with E-state index in [1.54, 1.807) is 11.1 Å². The summed E-state index contributed by atoms with van der Waals surface area (Å²) >= 11 is 2.51. The molecule has 0 fully saturated rings. The van der Waals surface area contributed by atoms with E-state index in [-0.39, 0.29) is 10.8 Å². The zero-order valence-corrected chi connectivity index (χ0v) is 19.4. The molecule has 0 amide bonds. The molecule has 0 spiro atoms. The van der Waals surface area contributed by atoms with Gasteiger partial charge in [0.15, 0.2) is 0 Å². The average molecular weight is 481 g/mol. The second-order valence-corrected chi connectivity index (χ2v) is 10.8. The Kier molecular flexibility index (Phi) is 4.11. The molecule has 2 heteroatoms. The van der Waals surface area contributed by atoms with Gasteiger partial charge in [0.05, 0.1) is 0 Å². The second-order valence-electron chi connectivity index (χ2n) is 9.71. The van der Waals surface area contributed by atoms with Crippen LogP contribution in [0.25, 0.3) is 32.6 Å². The van der Waals surface area contributed by atoms with Crippen molar-refractivity contribution in [2.75, 3.05) is 4.43 Å². The van der Waals surface area contributed by atoms with Gasteiger partial charge in [0.2, 0.25) is 0 Å². The van der Waals surface area contributed by atoms with Crippen LogP contribution in [0.1, 0.15) is 51.7 Å². The molecule has 0 saturated carbocycles.